The Balaban J connectivity index is 1.03. The van der Waals surface area contributed by atoms with Crippen molar-refractivity contribution in [3.05, 3.63) is 235 Å². The highest BCUT2D eigenvalue weighted by atomic mass is 16.6. The molecule has 1 spiro atoms. The van der Waals surface area contributed by atoms with Crippen LogP contribution in [0.2, 0.25) is 0 Å². The predicted octanol–water partition coefficient (Wildman–Crippen LogP) is 14.7. The van der Waals surface area contributed by atoms with Gasteiger partial charge < -0.3 is 14.4 Å². The van der Waals surface area contributed by atoms with Gasteiger partial charge in [0, 0.05) is 11.3 Å². The SMILES string of the molecule is c1ccc(-c2cccc(-c3ccccc3N(c3ccccc3)c3cccc4c3Oc3cc5c(cc3O4)-c3ccccc3C53c4ccccc4-c4ccccc43)c2)cc1. The molecule has 3 nitrogen and oxygen atoms in total. The maximum absolute atomic E-state index is 7.19. The van der Waals surface area contributed by atoms with Gasteiger partial charge in [-0.05, 0) is 110 Å². The van der Waals surface area contributed by atoms with Crippen molar-refractivity contribution >= 4 is 17.1 Å². The number of para-hydroxylation sites is 3. The molecule has 9 aromatic carbocycles. The van der Waals surface area contributed by atoms with E-state index in [9.17, 15) is 0 Å². The molecule has 58 heavy (non-hydrogen) atoms. The van der Waals surface area contributed by atoms with E-state index < -0.39 is 5.41 Å². The molecule has 272 valence electrons. The minimum Gasteiger partial charge on any atom is -0.449 e. The summed E-state index contributed by atoms with van der Waals surface area (Å²) in [7, 11) is 0. The van der Waals surface area contributed by atoms with E-state index in [0.717, 1.165) is 28.2 Å². The predicted molar refractivity (Wildman–Crippen MR) is 235 cm³/mol. The van der Waals surface area contributed by atoms with Gasteiger partial charge in [0.1, 0.15) is 0 Å². The van der Waals surface area contributed by atoms with Crippen molar-refractivity contribution in [2.45, 2.75) is 5.41 Å². The van der Waals surface area contributed by atoms with Crippen LogP contribution in [0, 0.1) is 0 Å². The fourth-order valence-corrected chi connectivity index (χ4v) is 9.74. The highest BCUT2D eigenvalue weighted by Crippen LogP contribution is 2.65. The van der Waals surface area contributed by atoms with E-state index >= 15 is 0 Å². The van der Waals surface area contributed by atoms with Crippen LogP contribution in [-0.2, 0) is 5.41 Å². The van der Waals surface area contributed by atoms with Crippen LogP contribution >= 0.6 is 0 Å². The Kier molecular flexibility index (Phi) is 7.14. The standard InChI is InChI=1S/C55H35NO2/c1-3-17-36(18-4-1)37-19-15-20-38(33-37)40-23-10-14-30-49(40)56(39-21-5-2-6-22-39)50-31-16-32-51-54(50)58-53-35-48-44(34-52(53)57-51)43-26-9-13-29-47(43)55(48)45-27-11-7-24-41(45)42-25-8-12-28-46(42)55/h1-35H. The van der Waals surface area contributed by atoms with E-state index in [4.69, 9.17) is 9.47 Å². The summed E-state index contributed by atoms with van der Waals surface area (Å²) in [4.78, 5) is 2.30. The number of nitrogens with zero attached hydrogens (tertiary/aromatic N) is 1. The van der Waals surface area contributed by atoms with Gasteiger partial charge in [-0.2, -0.15) is 0 Å². The molecule has 0 amide bonds. The summed E-state index contributed by atoms with van der Waals surface area (Å²) < 4.78 is 14.1. The Hall–Kier alpha value is -7.62. The Bertz CT molecular complexity index is 3030. The lowest BCUT2D eigenvalue weighted by atomic mass is 9.70. The highest BCUT2D eigenvalue weighted by Gasteiger charge is 2.52. The maximum atomic E-state index is 7.19. The molecule has 0 unspecified atom stereocenters. The van der Waals surface area contributed by atoms with Gasteiger partial charge in [0.2, 0.25) is 0 Å². The lowest BCUT2D eigenvalue weighted by molar-refractivity contribution is 0.360. The van der Waals surface area contributed by atoms with Crippen molar-refractivity contribution in [1.29, 1.82) is 0 Å². The average molecular weight is 742 g/mol. The first kappa shape index (κ1) is 32.6. The zero-order chi connectivity index (χ0) is 38.2. The number of ether oxygens (including phenoxy) is 2. The summed E-state index contributed by atoms with van der Waals surface area (Å²) in [5.41, 5.74) is 17.0. The second-order valence-corrected chi connectivity index (χ2v) is 15.2. The van der Waals surface area contributed by atoms with E-state index in [0.29, 0.717) is 23.0 Å². The summed E-state index contributed by atoms with van der Waals surface area (Å²) >= 11 is 0. The first-order chi connectivity index (χ1) is 28.8. The number of rotatable bonds is 5. The van der Waals surface area contributed by atoms with Crippen LogP contribution in [0.15, 0.2) is 212 Å². The van der Waals surface area contributed by atoms with Crippen LogP contribution in [0.3, 0.4) is 0 Å². The molecule has 2 aliphatic carbocycles. The quantitative estimate of drug-likeness (QED) is 0.175. The first-order valence-electron chi connectivity index (χ1n) is 19.8. The molecule has 3 aliphatic rings. The normalized spacial score (nSPS) is 13.2. The lowest BCUT2D eigenvalue weighted by Gasteiger charge is -2.33. The van der Waals surface area contributed by atoms with Crippen LogP contribution in [-0.4, -0.2) is 0 Å². The van der Waals surface area contributed by atoms with Crippen LogP contribution in [0.5, 0.6) is 23.0 Å². The van der Waals surface area contributed by atoms with Crippen molar-refractivity contribution in [1.82, 2.24) is 0 Å². The van der Waals surface area contributed by atoms with Crippen molar-refractivity contribution in [2.75, 3.05) is 4.90 Å². The average Bonchev–Trinajstić information content (AvgIpc) is 3.75. The van der Waals surface area contributed by atoms with E-state index in [1.165, 1.54) is 55.6 Å². The number of fused-ring (bicyclic) bond motifs is 12. The third kappa shape index (κ3) is 4.68. The molecule has 12 rings (SSSR count). The first-order valence-corrected chi connectivity index (χ1v) is 19.8. The van der Waals surface area contributed by atoms with Crippen molar-refractivity contribution < 1.29 is 9.47 Å². The zero-order valence-electron chi connectivity index (χ0n) is 31.5. The van der Waals surface area contributed by atoms with E-state index in [2.05, 4.69) is 211 Å². The number of hydrogen-bond acceptors (Lipinski definition) is 3. The molecule has 0 bridgehead atoms. The van der Waals surface area contributed by atoms with Crippen molar-refractivity contribution in [3.63, 3.8) is 0 Å². The van der Waals surface area contributed by atoms with Crippen LogP contribution in [0.4, 0.5) is 17.1 Å². The molecule has 0 saturated heterocycles. The van der Waals surface area contributed by atoms with Gasteiger partial charge in [0.05, 0.1) is 16.8 Å². The Morgan fingerprint density at radius 1 is 0.310 bits per heavy atom. The van der Waals surface area contributed by atoms with Gasteiger partial charge in [-0.3, -0.25) is 0 Å². The Morgan fingerprint density at radius 3 is 1.53 bits per heavy atom. The molecule has 3 heteroatoms. The van der Waals surface area contributed by atoms with Crippen LogP contribution in [0.1, 0.15) is 22.3 Å². The topological polar surface area (TPSA) is 21.7 Å². The van der Waals surface area contributed by atoms with E-state index in [1.807, 2.05) is 6.07 Å². The van der Waals surface area contributed by atoms with Gasteiger partial charge in [0.15, 0.2) is 23.0 Å². The number of benzene rings is 9. The molecule has 0 saturated carbocycles. The lowest BCUT2D eigenvalue weighted by Crippen LogP contribution is -2.25. The molecule has 0 fully saturated rings. The summed E-state index contributed by atoms with van der Waals surface area (Å²) in [5, 5.41) is 0. The number of hydrogen-bond donors (Lipinski definition) is 0. The second-order valence-electron chi connectivity index (χ2n) is 15.2. The monoisotopic (exact) mass is 741 g/mol. The van der Waals surface area contributed by atoms with Crippen LogP contribution < -0.4 is 14.4 Å². The van der Waals surface area contributed by atoms with Gasteiger partial charge >= 0.3 is 0 Å². The zero-order valence-corrected chi connectivity index (χ0v) is 31.5. The molecule has 1 aliphatic heterocycles. The van der Waals surface area contributed by atoms with Gasteiger partial charge in [-0.15, -0.1) is 0 Å². The molecular formula is C55H35NO2. The molecular weight excluding hydrogens is 707 g/mol. The summed E-state index contributed by atoms with van der Waals surface area (Å²) in [6, 6.07) is 75.7. The Labute approximate surface area is 337 Å². The smallest absolute Gasteiger partial charge is 0.194 e. The highest BCUT2D eigenvalue weighted by molar-refractivity contribution is 5.97. The molecule has 0 atom stereocenters. The largest absolute Gasteiger partial charge is 0.449 e. The minimum atomic E-state index is -0.486. The van der Waals surface area contributed by atoms with Gasteiger partial charge in [-0.1, -0.05) is 164 Å². The second kappa shape index (κ2) is 12.7. The third-order valence-corrected chi connectivity index (χ3v) is 12.1. The molecule has 0 aromatic heterocycles. The molecule has 0 radical (unpaired) electrons. The molecule has 1 heterocycles. The van der Waals surface area contributed by atoms with E-state index in [-0.39, 0.29) is 0 Å². The van der Waals surface area contributed by atoms with Crippen molar-refractivity contribution in [3.8, 4) is 67.5 Å². The van der Waals surface area contributed by atoms with Crippen molar-refractivity contribution in [2.24, 2.45) is 0 Å². The third-order valence-electron chi connectivity index (χ3n) is 12.1. The summed E-state index contributed by atoms with van der Waals surface area (Å²) in [5.74, 6) is 2.75. The van der Waals surface area contributed by atoms with Crippen LogP contribution in [0.25, 0.3) is 44.5 Å². The fourth-order valence-electron chi connectivity index (χ4n) is 9.74. The number of anilines is 3. The van der Waals surface area contributed by atoms with E-state index in [1.54, 1.807) is 0 Å². The summed E-state index contributed by atoms with van der Waals surface area (Å²) in [6.45, 7) is 0. The maximum Gasteiger partial charge on any atom is 0.194 e. The van der Waals surface area contributed by atoms with Gasteiger partial charge in [-0.25, -0.2) is 0 Å². The summed E-state index contributed by atoms with van der Waals surface area (Å²) in [6.07, 6.45) is 0. The molecule has 0 N–H and O–H groups in total. The Morgan fingerprint density at radius 2 is 0.828 bits per heavy atom. The minimum absolute atomic E-state index is 0.486. The fraction of sp³-hybridized carbons (Fsp3) is 0.0182. The van der Waals surface area contributed by atoms with Gasteiger partial charge in [0.25, 0.3) is 0 Å². The molecule has 9 aromatic rings.